The number of rotatable bonds is 4. The first kappa shape index (κ1) is 14.3. The summed E-state index contributed by atoms with van der Waals surface area (Å²) in [4.78, 5) is 12.1. The Hall–Kier alpha value is -2.13. The lowest BCUT2D eigenvalue weighted by Crippen LogP contribution is -2.12. The van der Waals surface area contributed by atoms with Crippen LogP contribution in [0.25, 0.3) is 0 Å². The summed E-state index contributed by atoms with van der Waals surface area (Å²) in [7, 11) is 0. The zero-order chi connectivity index (χ0) is 14.5. The number of carbonyl (C=O) groups is 1. The molecule has 0 heterocycles. The van der Waals surface area contributed by atoms with Crippen molar-refractivity contribution in [2.45, 2.75) is 26.4 Å². The molecule has 2 rings (SSSR count). The van der Waals surface area contributed by atoms with Gasteiger partial charge in [0.25, 0.3) is 5.91 Å². The molecule has 20 heavy (non-hydrogen) atoms. The first-order chi connectivity index (χ1) is 9.60. The number of aryl methyl sites for hydroxylation is 1. The van der Waals surface area contributed by atoms with E-state index >= 15 is 0 Å². The number of anilines is 1. The number of hydrogen-bond donors (Lipinski definition) is 2. The number of amides is 1. The van der Waals surface area contributed by atoms with Crippen LogP contribution < -0.4 is 5.32 Å². The molecule has 0 aromatic heterocycles. The normalized spacial score (nSPS) is 11.9. The van der Waals surface area contributed by atoms with Crippen molar-refractivity contribution in [3.05, 3.63) is 65.2 Å². The van der Waals surface area contributed by atoms with Crippen molar-refractivity contribution in [2.24, 2.45) is 0 Å². The highest BCUT2D eigenvalue weighted by molar-refractivity contribution is 6.04. The summed E-state index contributed by atoms with van der Waals surface area (Å²) in [6.45, 7) is 3.78. The Morgan fingerprint density at radius 3 is 2.50 bits per heavy atom. The SMILES string of the molecule is CCc1ccc(C(=O)Nc2cccc([C@@H](C)O)c2)cc1. The van der Waals surface area contributed by atoms with Crippen molar-refractivity contribution in [3.8, 4) is 0 Å². The van der Waals surface area contributed by atoms with Crippen LogP contribution in [-0.2, 0) is 6.42 Å². The minimum absolute atomic E-state index is 0.143. The second-order valence-corrected chi connectivity index (χ2v) is 4.81. The molecule has 3 nitrogen and oxygen atoms in total. The molecule has 0 aliphatic heterocycles. The van der Waals surface area contributed by atoms with Crippen LogP contribution in [0.5, 0.6) is 0 Å². The summed E-state index contributed by atoms with van der Waals surface area (Å²) in [6, 6.07) is 14.8. The monoisotopic (exact) mass is 269 g/mol. The first-order valence-corrected chi connectivity index (χ1v) is 6.78. The molecule has 1 atom stereocenters. The molecular weight excluding hydrogens is 250 g/mol. The predicted octanol–water partition coefficient (Wildman–Crippen LogP) is 3.55. The predicted molar refractivity (Wildman–Crippen MR) is 80.8 cm³/mol. The lowest BCUT2D eigenvalue weighted by molar-refractivity contribution is 0.102. The quantitative estimate of drug-likeness (QED) is 0.891. The molecule has 2 aromatic rings. The van der Waals surface area contributed by atoms with Gasteiger partial charge < -0.3 is 10.4 Å². The molecule has 3 heteroatoms. The van der Waals surface area contributed by atoms with E-state index in [9.17, 15) is 9.90 Å². The second-order valence-electron chi connectivity index (χ2n) is 4.81. The topological polar surface area (TPSA) is 49.3 Å². The number of aliphatic hydroxyl groups is 1. The van der Waals surface area contributed by atoms with Crippen molar-refractivity contribution in [1.29, 1.82) is 0 Å². The van der Waals surface area contributed by atoms with Gasteiger partial charge in [-0.15, -0.1) is 0 Å². The van der Waals surface area contributed by atoms with E-state index in [2.05, 4.69) is 12.2 Å². The number of hydrogen-bond acceptors (Lipinski definition) is 2. The van der Waals surface area contributed by atoms with E-state index in [4.69, 9.17) is 0 Å². The van der Waals surface area contributed by atoms with Crippen LogP contribution in [0.3, 0.4) is 0 Å². The number of nitrogens with one attached hydrogen (secondary N) is 1. The molecule has 0 spiro atoms. The Balaban J connectivity index is 2.12. The summed E-state index contributed by atoms with van der Waals surface area (Å²) >= 11 is 0. The molecule has 2 aromatic carbocycles. The standard InChI is InChI=1S/C17H19NO2/c1-3-13-7-9-14(10-8-13)17(20)18-16-6-4-5-15(11-16)12(2)19/h4-12,19H,3H2,1-2H3,(H,18,20)/t12-/m1/s1. The van der Waals surface area contributed by atoms with Gasteiger partial charge in [-0.2, -0.15) is 0 Å². The highest BCUT2D eigenvalue weighted by Crippen LogP contribution is 2.17. The summed E-state index contributed by atoms with van der Waals surface area (Å²) in [6.07, 6.45) is 0.411. The van der Waals surface area contributed by atoms with Crippen LogP contribution in [0.15, 0.2) is 48.5 Å². The van der Waals surface area contributed by atoms with Gasteiger partial charge in [-0.1, -0.05) is 31.2 Å². The number of aliphatic hydroxyl groups excluding tert-OH is 1. The van der Waals surface area contributed by atoms with Crippen molar-refractivity contribution in [2.75, 3.05) is 5.32 Å². The minimum Gasteiger partial charge on any atom is -0.389 e. The molecule has 0 saturated carbocycles. The summed E-state index contributed by atoms with van der Waals surface area (Å²) in [5.74, 6) is -0.143. The summed E-state index contributed by atoms with van der Waals surface area (Å²) < 4.78 is 0. The molecule has 2 N–H and O–H groups in total. The van der Waals surface area contributed by atoms with Gasteiger partial charge >= 0.3 is 0 Å². The van der Waals surface area contributed by atoms with Gasteiger partial charge in [0.1, 0.15) is 0 Å². The third-order valence-electron chi connectivity index (χ3n) is 3.25. The van der Waals surface area contributed by atoms with E-state index in [1.54, 1.807) is 13.0 Å². The van der Waals surface area contributed by atoms with E-state index < -0.39 is 6.10 Å². The molecule has 0 unspecified atom stereocenters. The Morgan fingerprint density at radius 1 is 1.20 bits per heavy atom. The van der Waals surface area contributed by atoms with Crippen LogP contribution in [0.2, 0.25) is 0 Å². The average molecular weight is 269 g/mol. The fraction of sp³-hybridized carbons (Fsp3) is 0.235. The third kappa shape index (κ3) is 3.45. The molecular formula is C17H19NO2. The molecule has 0 fully saturated rings. The Morgan fingerprint density at radius 2 is 1.90 bits per heavy atom. The van der Waals surface area contributed by atoms with Crippen LogP contribution in [0.1, 0.15) is 41.4 Å². The van der Waals surface area contributed by atoms with Gasteiger partial charge in [-0.05, 0) is 48.7 Å². The molecule has 0 radical (unpaired) electrons. The average Bonchev–Trinajstić information content (AvgIpc) is 2.47. The van der Waals surface area contributed by atoms with E-state index in [-0.39, 0.29) is 5.91 Å². The van der Waals surface area contributed by atoms with Crippen molar-refractivity contribution in [3.63, 3.8) is 0 Å². The van der Waals surface area contributed by atoms with Gasteiger partial charge in [-0.25, -0.2) is 0 Å². The van der Waals surface area contributed by atoms with Crippen LogP contribution in [0, 0.1) is 0 Å². The maximum Gasteiger partial charge on any atom is 0.255 e. The van der Waals surface area contributed by atoms with E-state index in [0.717, 1.165) is 12.0 Å². The van der Waals surface area contributed by atoms with Crippen molar-refractivity contribution < 1.29 is 9.90 Å². The Labute approximate surface area is 119 Å². The lowest BCUT2D eigenvalue weighted by atomic mass is 10.1. The van der Waals surface area contributed by atoms with Gasteiger partial charge in [-0.3, -0.25) is 4.79 Å². The first-order valence-electron chi connectivity index (χ1n) is 6.78. The molecule has 104 valence electrons. The zero-order valence-electron chi connectivity index (χ0n) is 11.8. The van der Waals surface area contributed by atoms with Gasteiger partial charge in [0, 0.05) is 11.3 Å². The third-order valence-corrected chi connectivity index (χ3v) is 3.25. The largest absolute Gasteiger partial charge is 0.389 e. The van der Waals surface area contributed by atoms with E-state index in [1.807, 2.05) is 42.5 Å². The van der Waals surface area contributed by atoms with Gasteiger partial charge in [0.05, 0.1) is 6.10 Å². The van der Waals surface area contributed by atoms with Crippen LogP contribution in [-0.4, -0.2) is 11.0 Å². The molecule has 1 amide bonds. The van der Waals surface area contributed by atoms with Gasteiger partial charge in [0.2, 0.25) is 0 Å². The summed E-state index contributed by atoms with van der Waals surface area (Å²) in [5, 5.41) is 12.4. The van der Waals surface area contributed by atoms with Crippen LogP contribution in [0.4, 0.5) is 5.69 Å². The lowest BCUT2D eigenvalue weighted by Gasteiger charge is -2.09. The highest BCUT2D eigenvalue weighted by atomic mass is 16.3. The van der Waals surface area contributed by atoms with Gasteiger partial charge in [0.15, 0.2) is 0 Å². The smallest absolute Gasteiger partial charge is 0.255 e. The van der Waals surface area contributed by atoms with E-state index in [0.29, 0.717) is 11.3 Å². The van der Waals surface area contributed by atoms with E-state index in [1.165, 1.54) is 5.56 Å². The maximum absolute atomic E-state index is 12.1. The number of benzene rings is 2. The highest BCUT2D eigenvalue weighted by Gasteiger charge is 2.07. The molecule has 0 aliphatic carbocycles. The fourth-order valence-electron chi connectivity index (χ4n) is 1.97. The fourth-order valence-corrected chi connectivity index (χ4v) is 1.97. The number of carbonyl (C=O) groups excluding carboxylic acids is 1. The Bertz CT molecular complexity index is 588. The second kappa shape index (κ2) is 6.35. The minimum atomic E-state index is -0.546. The van der Waals surface area contributed by atoms with Crippen molar-refractivity contribution >= 4 is 11.6 Å². The zero-order valence-corrected chi connectivity index (χ0v) is 11.8. The Kier molecular flexibility index (Phi) is 4.53. The summed E-state index contributed by atoms with van der Waals surface area (Å²) in [5.41, 5.74) is 3.31. The molecule has 0 saturated heterocycles. The maximum atomic E-state index is 12.1. The molecule has 0 aliphatic rings. The molecule has 0 bridgehead atoms. The van der Waals surface area contributed by atoms with Crippen molar-refractivity contribution in [1.82, 2.24) is 0 Å². The van der Waals surface area contributed by atoms with Crippen LogP contribution >= 0.6 is 0 Å².